The van der Waals surface area contributed by atoms with E-state index in [2.05, 4.69) is 40.7 Å². The molecule has 0 aliphatic heterocycles. The lowest BCUT2D eigenvalue weighted by Crippen LogP contribution is -2.51. The minimum Gasteiger partial charge on any atom is -0.462 e. The molecule has 9 atom stereocenters. The summed E-state index contributed by atoms with van der Waals surface area (Å²) < 4.78 is 5.84. The number of fused-ring (bicyclic) bond motifs is 5. The Kier molecular flexibility index (Phi) is 8.18. The lowest BCUT2D eigenvalue weighted by molar-refractivity contribution is -0.151. The van der Waals surface area contributed by atoms with Crippen LogP contribution in [0.3, 0.4) is 0 Å². The predicted molar refractivity (Wildman–Crippen MR) is 143 cm³/mol. The van der Waals surface area contributed by atoms with E-state index in [1.54, 1.807) is 5.57 Å². The third-order valence-electron chi connectivity index (χ3n) is 11.0. The summed E-state index contributed by atoms with van der Waals surface area (Å²) in [6, 6.07) is 0. The molecule has 0 bridgehead atoms. The van der Waals surface area contributed by atoms with Crippen molar-refractivity contribution < 1.29 is 9.53 Å². The molecule has 4 rings (SSSR count). The smallest absolute Gasteiger partial charge is 0.307 e. The minimum atomic E-state index is -0.152. The Balaban J connectivity index is 1.42. The molecule has 194 valence electrons. The molecule has 3 heteroatoms. The van der Waals surface area contributed by atoms with Crippen LogP contribution < -0.4 is 0 Å². The van der Waals surface area contributed by atoms with Crippen LogP contribution in [0.25, 0.3) is 0 Å². The molecule has 0 unspecified atom stereocenters. The number of rotatable bonds is 8. The molecule has 4 aliphatic rings. The van der Waals surface area contributed by atoms with Crippen molar-refractivity contribution in [3.8, 4) is 0 Å². The molecule has 3 fully saturated rings. The van der Waals surface area contributed by atoms with Gasteiger partial charge < -0.3 is 4.74 Å². The highest BCUT2D eigenvalue weighted by molar-refractivity contribution is 6.21. The first-order valence-corrected chi connectivity index (χ1v) is 15.0. The first-order valence-electron chi connectivity index (χ1n) is 14.6. The third-order valence-corrected chi connectivity index (χ3v) is 11.2. The minimum absolute atomic E-state index is 0.0511. The van der Waals surface area contributed by atoms with E-state index in [-0.39, 0.29) is 17.5 Å². The molecule has 0 aromatic carbocycles. The van der Waals surface area contributed by atoms with Gasteiger partial charge in [0.15, 0.2) is 0 Å². The molecule has 0 N–H and O–H groups in total. The highest BCUT2D eigenvalue weighted by Gasteiger charge is 2.59. The van der Waals surface area contributed by atoms with E-state index in [1.165, 1.54) is 57.8 Å². The highest BCUT2D eigenvalue weighted by Crippen LogP contribution is 2.67. The summed E-state index contributed by atoms with van der Waals surface area (Å²) in [7, 11) is 0. The molecule has 3 saturated carbocycles. The van der Waals surface area contributed by atoms with Gasteiger partial charge in [0.2, 0.25) is 0 Å². The first kappa shape index (κ1) is 26.6. The van der Waals surface area contributed by atoms with Crippen LogP contribution in [-0.2, 0) is 9.53 Å². The molecule has 0 aromatic heterocycles. The lowest BCUT2D eigenvalue weighted by atomic mass is 9.47. The van der Waals surface area contributed by atoms with Gasteiger partial charge in [-0.25, -0.2) is 0 Å². The molecule has 0 amide bonds. The van der Waals surface area contributed by atoms with E-state index in [1.807, 2.05) is 6.92 Å². The SMILES string of the molecule is CC(C)CCC[C@H](C)[C@H]1CC[C@H]2[C@@H]3CC=C4C[C@@H](OC(=O)C[C@@H](C)Cl)CC[C@]4(C)[C@H]3CC[C@]12C. The van der Waals surface area contributed by atoms with Crippen LogP contribution >= 0.6 is 11.6 Å². The monoisotopic (exact) mass is 490 g/mol. The van der Waals surface area contributed by atoms with E-state index in [9.17, 15) is 4.79 Å². The van der Waals surface area contributed by atoms with Gasteiger partial charge in [-0.1, -0.05) is 65.5 Å². The van der Waals surface area contributed by atoms with Crippen molar-refractivity contribution in [3.05, 3.63) is 11.6 Å². The Morgan fingerprint density at radius 2 is 1.82 bits per heavy atom. The van der Waals surface area contributed by atoms with Crippen LogP contribution in [0.1, 0.15) is 119 Å². The normalized spacial score (nSPS) is 41.2. The van der Waals surface area contributed by atoms with Gasteiger partial charge in [-0.2, -0.15) is 0 Å². The van der Waals surface area contributed by atoms with Gasteiger partial charge >= 0.3 is 5.97 Å². The van der Waals surface area contributed by atoms with Gasteiger partial charge in [-0.05, 0) is 98.2 Å². The standard InChI is InChI=1S/C31H51ClO2/c1-20(2)8-7-9-21(3)26-12-13-27-25-11-10-23-19-24(34-29(33)18-22(4)32)14-16-30(23,5)28(25)15-17-31(26,27)6/h10,20-22,24-28H,7-9,11-19H2,1-6H3/t21-,22+,24-,25-,26+,27-,28-,30-,31+/m0/s1. The maximum absolute atomic E-state index is 12.2. The van der Waals surface area contributed by atoms with Gasteiger partial charge in [0.05, 0.1) is 6.42 Å². The molecule has 0 radical (unpaired) electrons. The number of allylic oxidation sites excluding steroid dienone is 1. The molecule has 34 heavy (non-hydrogen) atoms. The van der Waals surface area contributed by atoms with E-state index in [0.29, 0.717) is 17.3 Å². The predicted octanol–water partition coefficient (Wildman–Crippen LogP) is 8.96. The van der Waals surface area contributed by atoms with Crippen LogP contribution in [-0.4, -0.2) is 17.5 Å². The van der Waals surface area contributed by atoms with Crippen molar-refractivity contribution in [2.24, 2.45) is 46.3 Å². The molecule has 0 saturated heterocycles. The maximum Gasteiger partial charge on any atom is 0.307 e. The van der Waals surface area contributed by atoms with E-state index < -0.39 is 0 Å². The number of hydrogen-bond donors (Lipinski definition) is 0. The number of halogens is 1. The van der Waals surface area contributed by atoms with Crippen molar-refractivity contribution in [1.29, 1.82) is 0 Å². The summed E-state index contributed by atoms with van der Waals surface area (Å²) in [6.07, 6.45) is 17.3. The van der Waals surface area contributed by atoms with E-state index >= 15 is 0 Å². The summed E-state index contributed by atoms with van der Waals surface area (Å²) in [5, 5.41) is -0.152. The van der Waals surface area contributed by atoms with Crippen molar-refractivity contribution in [2.45, 2.75) is 130 Å². The Morgan fingerprint density at radius 3 is 2.53 bits per heavy atom. The van der Waals surface area contributed by atoms with Gasteiger partial charge in [-0.3, -0.25) is 4.79 Å². The number of ether oxygens (including phenoxy) is 1. The lowest BCUT2D eigenvalue weighted by Gasteiger charge is -2.58. The fourth-order valence-corrected chi connectivity index (χ4v) is 9.34. The highest BCUT2D eigenvalue weighted by atomic mass is 35.5. The Hall–Kier alpha value is -0.500. The molecule has 2 nitrogen and oxygen atoms in total. The van der Waals surface area contributed by atoms with Crippen LogP contribution in [0.15, 0.2) is 11.6 Å². The van der Waals surface area contributed by atoms with Crippen LogP contribution in [0.2, 0.25) is 0 Å². The Labute approximate surface area is 215 Å². The number of carbonyl (C=O) groups excluding carboxylic acids is 1. The van der Waals surface area contributed by atoms with E-state index in [4.69, 9.17) is 16.3 Å². The summed E-state index contributed by atoms with van der Waals surface area (Å²) in [4.78, 5) is 12.2. The second kappa shape index (κ2) is 10.5. The fourth-order valence-electron chi connectivity index (χ4n) is 9.22. The number of carbonyl (C=O) groups is 1. The first-order chi connectivity index (χ1) is 16.0. The summed E-state index contributed by atoms with van der Waals surface area (Å²) >= 11 is 6.01. The Bertz CT molecular complexity index is 757. The second-order valence-electron chi connectivity index (χ2n) is 13.6. The van der Waals surface area contributed by atoms with Crippen LogP contribution in [0.5, 0.6) is 0 Å². The molecule has 4 aliphatic carbocycles. The summed E-state index contributed by atoms with van der Waals surface area (Å²) in [6.45, 7) is 14.4. The topological polar surface area (TPSA) is 26.3 Å². The summed E-state index contributed by atoms with van der Waals surface area (Å²) in [5.41, 5.74) is 2.45. The van der Waals surface area contributed by atoms with Gasteiger partial charge in [0.1, 0.15) is 6.10 Å². The zero-order chi connectivity index (χ0) is 24.7. The molecule has 0 spiro atoms. The van der Waals surface area contributed by atoms with E-state index in [0.717, 1.165) is 48.3 Å². The zero-order valence-corrected chi connectivity index (χ0v) is 23.6. The largest absolute Gasteiger partial charge is 0.462 e. The van der Waals surface area contributed by atoms with Crippen LogP contribution in [0, 0.1) is 46.3 Å². The van der Waals surface area contributed by atoms with Gasteiger partial charge in [-0.15, -0.1) is 11.6 Å². The average molecular weight is 491 g/mol. The maximum atomic E-state index is 12.2. The number of alkyl halides is 1. The zero-order valence-electron chi connectivity index (χ0n) is 22.9. The third kappa shape index (κ3) is 5.14. The van der Waals surface area contributed by atoms with Gasteiger partial charge in [0.25, 0.3) is 0 Å². The second-order valence-corrected chi connectivity index (χ2v) is 14.4. The fraction of sp³-hybridized carbons (Fsp3) is 0.903. The molecule has 0 heterocycles. The Morgan fingerprint density at radius 1 is 1.06 bits per heavy atom. The summed E-state index contributed by atoms with van der Waals surface area (Å²) in [5.74, 6) is 5.08. The average Bonchev–Trinajstić information content (AvgIpc) is 3.10. The number of hydrogen-bond acceptors (Lipinski definition) is 2. The quantitative estimate of drug-likeness (QED) is 0.193. The number of esters is 1. The van der Waals surface area contributed by atoms with Crippen molar-refractivity contribution in [3.63, 3.8) is 0 Å². The van der Waals surface area contributed by atoms with Crippen molar-refractivity contribution in [2.75, 3.05) is 0 Å². The van der Waals surface area contributed by atoms with Crippen molar-refractivity contribution in [1.82, 2.24) is 0 Å². The molecule has 0 aromatic rings. The molecular formula is C31H51ClO2. The van der Waals surface area contributed by atoms with Crippen LogP contribution in [0.4, 0.5) is 0 Å². The molecular weight excluding hydrogens is 440 g/mol. The van der Waals surface area contributed by atoms with Crippen molar-refractivity contribution >= 4 is 17.6 Å². The van der Waals surface area contributed by atoms with Gasteiger partial charge in [0, 0.05) is 11.8 Å².